The molecule has 20 heavy (non-hydrogen) atoms. The van der Waals surface area contributed by atoms with E-state index in [2.05, 4.69) is 6.07 Å². The van der Waals surface area contributed by atoms with E-state index in [0.717, 1.165) is 12.8 Å². The number of piperidine rings is 1. The van der Waals surface area contributed by atoms with Crippen LogP contribution in [0, 0.1) is 27.4 Å². The van der Waals surface area contributed by atoms with Crippen LogP contribution in [-0.4, -0.2) is 28.8 Å². The van der Waals surface area contributed by atoms with Crippen LogP contribution < -0.4 is 0 Å². The number of nitro benzene ring substituents is 1. The van der Waals surface area contributed by atoms with Crippen molar-refractivity contribution in [2.75, 3.05) is 13.1 Å². The fourth-order valence-corrected chi connectivity index (χ4v) is 2.44. The Hall–Kier alpha value is -2.13. The van der Waals surface area contributed by atoms with Crippen LogP contribution in [0.1, 0.15) is 23.2 Å². The zero-order chi connectivity index (χ0) is 14.7. The summed E-state index contributed by atoms with van der Waals surface area (Å²) in [6, 6.07) is 6.12. The Bertz CT molecular complexity index is 597. The van der Waals surface area contributed by atoms with Gasteiger partial charge in [-0.2, -0.15) is 5.26 Å². The van der Waals surface area contributed by atoms with Crippen LogP contribution in [0.4, 0.5) is 5.69 Å². The van der Waals surface area contributed by atoms with Crippen LogP contribution in [0.15, 0.2) is 18.2 Å². The second kappa shape index (κ2) is 5.88. The highest BCUT2D eigenvalue weighted by molar-refractivity contribution is 6.31. The molecule has 1 aromatic carbocycles. The van der Waals surface area contributed by atoms with Crippen LogP contribution in [0.25, 0.3) is 0 Å². The van der Waals surface area contributed by atoms with E-state index < -0.39 is 10.8 Å². The van der Waals surface area contributed by atoms with Gasteiger partial charge in [0, 0.05) is 24.2 Å². The fraction of sp³-hybridized carbons (Fsp3) is 0.385. The van der Waals surface area contributed by atoms with Gasteiger partial charge >= 0.3 is 0 Å². The number of nitriles is 1. The first-order valence-corrected chi connectivity index (χ1v) is 6.53. The molecule has 1 aliphatic heterocycles. The normalized spacial score (nSPS) is 18.4. The van der Waals surface area contributed by atoms with Crippen LogP contribution in [-0.2, 0) is 0 Å². The van der Waals surface area contributed by atoms with Crippen LogP contribution in [0.5, 0.6) is 0 Å². The molecule has 7 heteroatoms. The van der Waals surface area contributed by atoms with Crippen molar-refractivity contribution in [1.29, 1.82) is 5.26 Å². The Kier molecular flexibility index (Phi) is 4.20. The topological polar surface area (TPSA) is 87.2 Å². The van der Waals surface area contributed by atoms with Gasteiger partial charge in [-0.3, -0.25) is 14.9 Å². The average Bonchev–Trinajstić information content (AvgIpc) is 2.46. The monoisotopic (exact) mass is 293 g/mol. The molecule has 0 radical (unpaired) electrons. The van der Waals surface area contributed by atoms with Gasteiger partial charge in [-0.1, -0.05) is 11.6 Å². The first-order valence-electron chi connectivity index (χ1n) is 6.15. The molecule has 0 N–H and O–H groups in total. The van der Waals surface area contributed by atoms with E-state index in [1.54, 1.807) is 0 Å². The molecule has 2 rings (SSSR count). The molecule has 104 valence electrons. The van der Waals surface area contributed by atoms with E-state index in [9.17, 15) is 14.9 Å². The van der Waals surface area contributed by atoms with E-state index in [4.69, 9.17) is 16.9 Å². The molecule has 1 fully saturated rings. The van der Waals surface area contributed by atoms with Gasteiger partial charge in [-0.25, -0.2) is 0 Å². The molecule has 0 bridgehead atoms. The quantitative estimate of drug-likeness (QED) is 0.619. The molecular formula is C13H12ClN3O3. The Morgan fingerprint density at radius 1 is 1.55 bits per heavy atom. The Balaban J connectivity index is 2.29. The van der Waals surface area contributed by atoms with Crippen LogP contribution in [0.2, 0.25) is 5.02 Å². The van der Waals surface area contributed by atoms with Crippen molar-refractivity contribution in [1.82, 2.24) is 4.90 Å². The summed E-state index contributed by atoms with van der Waals surface area (Å²) >= 11 is 5.72. The number of nitrogens with zero attached hydrogens (tertiary/aromatic N) is 3. The minimum absolute atomic E-state index is 0.0120. The number of likely N-dealkylation sites (tertiary alicyclic amines) is 1. The van der Waals surface area contributed by atoms with E-state index in [-0.39, 0.29) is 22.2 Å². The molecule has 0 aliphatic carbocycles. The first-order chi connectivity index (χ1) is 9.52. The number of nitro groups is 1. The zero-order valence-electron chi connectivity index (χ0n) is 10.6. The Labute approximate surface area is 120 Å². The summed E-state index contributed by atoms with van der Waals surface area (Å²) < 4.78 is 0. The number of hydrogen-bond donors (Lipinski definition) is 0. The molecule has 1 amide bonds. The SMILES string of the molecule is N#CC1CCCN(C(=O)c2ccc(Cl)cc2[N+](=O)[O-])C1. The molecule has 6 nitrogen and oxygen atoms in total. The predicted octanol–water partition coefficient (Wildman–Crippen LogP) is 2.62. The zero-order valence-corrected chi connectivity index (χ0v) is 11.3. The first kappa shape index (κ1) is 14.3. The molecule has 1 aromatic rings. The number of amides is 1. The molecule has 1 saturated heterocycles. The van der Waals surface area contributed by atoms with Gasteiger partial charge in [-0.05, 0) is 25.0 Å². The van der Waals surface area contributed by atoms with Crippen LogP contribution in [0.3, 0.4) is 0 Å². The maximum absolute atomic E-state index is 12.4. The third kappa shape index (κ3) is 2.89. The van der Waals surface area contributed by atoms with Crippen molar-refractivity contribution in [3.63, 3.8) is 0 Å². The number of carbonyl (C=O) groups excluding carboxylic acids is 1. The molecule has 1 heterocycles. The lowest BCUT2D eigenvalue weighted by molar-refractivity contribution is -0.385. The lowest BCUT2D eigenvalue weighted by Crippen LogP contribution is -2.39. The third-order valence-corrected chi connectivity index (χ3v) is 3.51. The summed E-state index contributed by atoms with van der Waals surface area (Å²) in [5.74, 6) is -0.632. The van der Waals surface area contributed by atoms with Gasteiger partial charge in [0.1, 0.15) is 5.56 Å². The second-order valence-corrected chi connectivity index (χ2v) is 5.07. The molecule has 0 spiro atoms. The average molecular weight is 294 g/mol. The van der Waals surface area contributed by atoms with Crippen molar-refractivity contribution >= 4 is 23.2 Å². The van der Waals surface area contributed by atoms with Crippen molar-refractivity contribution in [3.8, 4) is 6.07 Å². The number of benzene rings is 1. The molecular weight excluding hydrogens is 282 g/mol. The van der Waals surface area contributed by atoms with Crippen molar-refractivity contribution in [2.45, 2.75) is 12.8 Å². The highest BCUT2D eigenvalue weighted by atomic mass is 35.5. The van der Waals surface area contributed by atoms with Crippen LogP contribution >= 0.6 is 11.6 Å². The maximum Gasteiger partial charge on any atom is 0.283 e. The van der Waals surface area contributed by atoms with Gasteiger partial charge in [0.25, 0.3) is 11.6 Å². The van der Waals surface area contributed by atoms with Crippen molar-refractivity contribution in [2.24, 2.45) is 5.92 Å². The smallest absolute Gasteiger partial charge is 0.283 e. The van der Waals surface area contributed by atoms with E-state index in [1.807, 2.05) is 0 Å². The minimum atomic E-state index is -0.620. The highest BCUT2D eigenvalue weighted by Crippen LogP contribution is 2.26. The fourth-order valence-electron chi connectivity index (χ4n) is 2.27. The molecule has 1 aliphatic rings. The summed E-state index contributed by atoms with van der Waals surface area (Å²) in [7, 11) is 0. The minimum Gasteiger partial charge on any atom is -0.337 e. The van der Waals surface area contributed by atoms with E-state index >= 15 is 0 Å². The molecule has 0 aromatic heterocycles. The Morgan fingerprint density at radius 2 is 2.30 bits per heavy atom. The van der Waals surface area contributed by atoms with Gasteiger partial charge in [0.05, 0.1) is 16.9 Å². The summed E-state index contributed by atoms with van der Waals surface area (Å²) in [5, 5.41) is 20.1. The lowest BCUT2D eigenvalue weighted by Gasteiger charge is -2.29. The highest BCUT2D eigenvalue weighted by Gasteiger charge is 2.28. The number of halogens is 1. The second-order valence-electron chi connectivity index (χ2n) is 4.64. The number of rotatable bonds is 2. The standard InChI is InChI=1S/C13H12ClN3O3/c14-10-3-4-11(12(6-10)17(19)20)13(18)16-5-1-2-9(7-15)8-16/h3-4,6,9H,1-2,5,8H2. The van der Waals surface area contributed by atoms with Gasteiger partial charge in [0.2, 0.25) is 0 Å². The van der Waals surface area contributed by atoms with Crippen molar-refractivity contribution in [3.05, 3.63) is 38.9 Å². The lowest BCUT2D eigenvalue weighted by atomic mass is 9.99. The number of hydrogen-bond acceptors (Lipinski definition) is 4. The number of carbonyl (C=O) groups is 1. The predicted molar refractivity (Wildman–Crippen MR) is 72.3 cm³/mol. The summed E-state index contributed by atoms with van der Waals surface area (Å²) in [6.07, 6.45) is 1.48. The third-order valence-electron chi connectivity index (χ3n) is 3.28. The van der Waals surface area contributed by atoms with Gasteiger partial charge in [0.15, 0.2) is 0 Å². The molecule has 1 atom stereocenters. The summed E-state index contributed by atoms with van der Waals surface area (Å²) in [4.78, 5) is 24.2. The van der Waals surface area contributed by atoms with Gasteiger partial charge in [-0.15, -0.1) is 0 Å². The van der Waals surface area contributed by atoms with Crippen molar-refractivity contribution < 1.29 is 9.72 Å². The van der Waals surface area contributed by atoms with E-state index in [0.29, 0.717) is 13.1 Å². The Morgan fingerprint density at radius 3 is 2.95 bits per heavy atom. The molecule has 1 unspecified atom stereocenters. The van der Waals surface area contributed by atoms with E-state index in [1.165, 1.54) is 23.1 Å². The summed E-state index contributed by atoms with van der Waals surface area (Å²) in [5.41, 5.74) is -0.292. The largest absolute Gasteiger partial charge is 0.337 e. The maximum atomic E-state index is 12.4. The van der Waals surface area contributed by atoms with Gasteiger partial charge < -0.3 is 4.90 Å². The molecule has 0 saturated carbocycles. The summed E-state index contributed by atoms with van der Waals surface area (Å²) in [6.45, 7) is 0.825.